The second-order valence-electron chi connectivity index (χ2n) is 9.07. The molecule has 0 radical (unpaired) electrons. The Balaban J connectivity index is 1.36. The second-order valence-corrected chi connectivity index (χ2v) is 9.82. The van der Waals surface area contributed by atoms with Crippen molar-refractivity contribution in [2.45, 2.75) is 25.9 Å². The number of carbonyl (C=O) groups is 2. The third-order valence-corrected chi connectivity index (χ3v) is 7.22. The first-order chi connectivity index (χ1) is 18.4. The molecule has 0 bridgehead atoms. The molecule has 0 aliphatic carbocycles. The summed E-state index contributed by atoms with van der Waals surface area (Å²) in [7, 11) is 0. The summed E-state index contributed by atoms with van der Waals surface area (Å²) in [5.41, 5.74) is 5.38. The van der Waals surface area contributed by atoms with Crippen molar-refractivity contribution in [1.82, 2.24) is 15.1 Å². The predicted octanol–water partition coefficient (Wildman–Crippen LogP) is 7.09. The van der Waals surface area contributed by atoms with Gasteiger partial charge in [0, 0.05) is 10.9 Å². The van der Waals surface area contributed by atoms with Crippen LogP contribution in [0.3, 0.4) is 0 Å². The highest BCUT2D eigenvalue weighted by Gasteiger charge is 2.17. The highest BCUT2D eigenvalue weighted by atomic mass is 79.9. The van der Waals surface area contributed by atoms with E-state index in [0.717, 1.165) is 34.0 Å². The first kappa shape index (κ1) is 25.4. The smallest absolute Gasteiger partial charge is 0.336 e. The Morgan fingerprint density at radius 3 is 2.37 bits per heavy atom. The Bertz CT molecular complexity index is 1610. The molecule has 0 aliphatic heterocycles. The summed E-state index contributed by atoms with van der Waals surface area (Å²) < 4.78 is 2.56. The number of carboxylic acid groups (broad SMARTS) is 1. The van der Waals surface area contributed by atoms with Gasteiger partial charge in [0.25, 0.3) is 5.91 Å². The Labute approximate surface area is 229 Å². The number of fused-ring (bicyclic) bond motifs is 1. The van der Waals surface area contributed by atoms with E-state index in [1.807, 2.05) is 89.6 Å². The Morgan fingerprint density at radius 2 is 1.66 bits per heavy atom. The van der Waals surface area contributed by atoms with Crippen LogP contribution in [0.2, 0.25) is 0 Å². The molecule has 0 saturated carbocycles. The number of carbonyl (C=O) groups excluding carboxylic acids is 1. The van der Waals surface area contributed by atoms with Crippen LogP contribution in [-0.4, -0.2) is 26.8 Å². The summed E-state index contributed by atoms with van der Waals surface area (Å²) in [5, 5.41) is 18.2. The van der Waals surface area contributed by atoms with Crippen molar-refractivity contribution >= 4 is 38.7 Å². The van der Waals surface area contributed by atoms with E-state index < -0.39 is 5.97 Å². The maximum absolute atomic E-state index is 13.1. The molecule has 1 atom stereocenters. The number of benzene rings is 4. The molecule has 38 heavy (non-hydrogen) atoms. The zero-order chi connectivity index (χ0) is 26.6. The number of nitrogens with one attached hydrogen (secondary N) is 1. The molecule has 0 spiro atoms. The first-order valence-corrected chi connectivity index (χ1v) is 13.2. The van der Waals surface area contributed by atoms with Gasteiger partial charge in [0.2, 0.25) is 0 Å². The second kappa shape index (κ2) is 11.0. The third-order valence-electron chi connectivity index (χ3n) is 6.64. The number of hydrogen-bond acceptors (Lipinski definition) is 3. The molecule has 0 saturated heterocycles. The van der Waals surface area contributed by atoms with Crippen LogP contribution in [0.25, 0.3) is 22.0 Å². The molecule has 6 nitrogen and oxygen atoms in total. The van der Waals surface area contributed by atoms with Crippen molar-refractivity contribution < 1.29 is 14.7 Å². The topological polar surface area (TPSA) is 84.2 Å². The van der Waals surface area contributed by atoms with Gasteiger partial charge in [0.1, 0.15) is 4.60 Å². The number of rotatable bonds is 8. The van der Waals surface area contributed by atoms with E-state index in [-0.39, 0.29) is 17.5 Å². The number of halogens is 1. The number of aromatic nitrogens is 2. The molecular formula is C31H26BrN3O3. The van der Waals surface area contributed by atoms with Crippen molar-refractivity contribution in [2.75, 3.05) is 0 Å². The zero-order valence-corrected chi connectivity index (χ0v) is 22.4. The average molecular weight is 568 g/mol. The summed E-state index contributed by atoms with van der Waals surface area (Å²) in [4.78, 5) is 24.7. The summed E-state index contributed by atoms with van der Waals surface area (Å²) in [5.74, 6) is -1.07. The van der Waals surface area contributed by atoms with E-state index in [4.69, 9.17) is 0 Å². The Hall–Kier alpha value is -4.23. The van der Waals surface area contributed by atoms with E-state index in [1.165, 1.54) is 0 Å². The van der Waals surface area contributed by atoms with Gasteiger partial charge >= 0.3 is 5.97 Å². The lowest BCUT2D eigenvalue weighted by Crippen LogP contribution is -2.28. The van der Waals surface area contributed by atoms with Gasteiger partial charge in [-0.3, -0.25) is 9.48 Å². The molecular weight excluding hydrogens is 542 g/mol. The Morgan fingerprint density at radius 1 is 0.947 bits per heavy atom. The maximum Gasteiger partial charge on any atom is 0.336 e. The van der Waals surface area contributed by atoms with Crippen molar-refractivity contribution in [2.24, 2.45) is 0 Å². The van der Waals surface area contributed by atoms with Crippen LogP contribution in [0.1, 0.15) is 51.2 Å². The minimum absolute atomic E-state index is 0.0593. The van der Waals surface area contributed by atoms with Crippen molar-refractivity contribution in [3.63, 3.8) is 0 Å². The highest BCUT2D eigenvalue weighted by molar-refractivity contribution is 9.10. The number of nitrogens with zero attached hydrogens (tertiary/aromatic N) is 2. The summed E-state index contributed by atoms with van der Waals surface area (Å²) in [6.45, 7) is 2.58. The molecule has 1 heterocycles. The molecule has 7 heteroatoms. The third kappa shape index (κ3) is 5.24. The molecule has 0 aliphatic rings. The van der Waals surface area contributed by atoms with Crippen LogP contribution in [0.4, 0.5) is 0 Å². The fourth-order valence-corrected chi connectivity index (χ4v) is 5.14. The van der Waals surface area contributed by atoms with Gasteiger partial charge in [-0.15, -0.1) is 0 Å². The van der Waals surface area contributed by atoms with Crippen molar-refractivity contribution in [1.29, 1.82) is 0 Å². The number of hydrogen-bond donors (Lipinski definition) is 2. The average Bonchev–Trinajstić information content (AvgIpc) is 3.26. The largest absolute Gasteiger partial charge is 0.478 e. The molecule has 2 N–H and O–H groups in total. The van der Waals surface area contributed by atoms with Gasteiger partial charge in [-0.2, -0.15) is 5.10 Å². The number of amides is 1. The highest BCUT2D eigenvalue weighted by Crippen LogP contribution is 2.28. The van der Waals surface area contributed by atoms with Gasteiger partial charge in [-0.05, 0) is 68.9 Å². The zero-order valence-electron chi connectivity index (χ0n) is 20.8. The minimum Gasteiger partial charge on any atom is -0.478 e. The van der Waals surface area contributed by atoms with E-state index in [2.05, 4.69) is 33.3 Å². The van der Waals surface area contributed by atoms with Gasteiger partial charge in [-0.25, -0.2) is 4.79 Å². The fraction of sp³-hybridized carbons (Fsp3) is 0.129. The van der Waals surface area contributed by atoms with Crippen LogP contribution in [0.15, 0.2) is 102 Å². The molecule has 0 fully saturated rings. The van der Waals surface area contributed by atoms with Crippen molar-refractivity contribution in [3.05, 3.63) is 124 Å². The summed E-state index contributed by atoms with van der Waals surface area (Å²) in [6, 6.07) is 30.3. The van der Waals surface area contributed by atoms with Crippen LogP contribution < -0.4 is 5.32 Å². The number of aromatic carboxylic acids is 1. The first-order valence-electron chi connectivity index (χ1n) is 12.4. The van der Waals surface area contributed by atoms with Crippen LogP contribution in [0.5, 0.6) is 0 Å². The minimum atomic E-state index is -0.948. The van der Waals surface area contributed by atoms with E-state index >= 15 is 0 Å². The van der Waals surface area contributed by atoms with E-state index in [0.29, 0.717) is 22.3 Å². The lowest BCUT2D eigenvalue weighted by Gasteiger charge is -2.17. The van der Waals surface area contributed by atoms with Crippen LogP contribution in [0, 0.1) is 0 Å². The summed E-state index contributed by atoms with van der Waals surface area (Å²) in [6.07, 6.45) is 0.792. The molecule has 1 amide bonds. The van der Waals surface area contributed by atoms with E-state index in [1.54, 1.807) is 12.1 Å². The molecule has 1 aromatic heterocycles. The maximum atomic E-state index is 13.1. The van der Waals surface area contributed by atoms with E-state index in [9.17, 15) is 14.7 Å². The van der Waals surface area contributed by atoms with Crippen LogP contribution in [-0.2, 0) is 6.54 Å². The fourth-order valence-electron chi connectivity index (χ4n) is 4.63. The molecule has 5 aromatic rings. The molecule has 190 valence electrons. The van der Waals surface area contributed by atoms with Crippen LogP contribution >= 0.6 is 15.9 Å². The van der Waals surface area contributed by atoms with Crippen molar-refractivity contribution in [3.8, 4) is 11.1 Å². The van der Waals surface area contributed by atoms with Gasteiger partial charge in [0.15, 0.2) is 0 Å². The normalized spacial score (nSPS) is 11.8. The predicted molar refractivity (Wildman–Crippen MR) is 152 cm³/mol. The van der Waals surface area contributed by atoms with Gasteiger partial charge in [-0.1, -0.05) is 79.7 Å². The Kier molecular flexibility index (Phi) is 7.38. The standard InChI is InChI=1S/C31H26BrN3O3/c1-2-27(22-8-4-3-5-9-22)33-30(36)23-16-17-28-26(18-23)29(32)34-35(28)19-20-12-14-21(15-13-20)24-10-6-7-11-25(24)31(37)38/h3-18,27H,2,19H2,1H3,(H,33,36)(H,37,38). The lowest BCUT2D eigenvalue weighted by molar-refractivity contribution is 0.0697. The molecule has 5 rings (SSSR count). The quantitative estimate of drug-likeness (QED) is 0.209. The molecule has 4 aromatic carbocycles. The number of carboxylic acids is 1. The van der Waals surface area contributed by atoms with Gasteiger partial charge in [0.05, 0.1) is 23.7 Å². The monoisotopic (exact) mass is 567 g/mol. The lowest BCUT2D eigenvalue weighted by atomic mass is 9.99. The molecule has 1 unspecified atom stereocenters. The SMILES string of the molecule is CCC(NC(=O)c1ccc2c(c1)c(Br)nn2Cc1ccc(-c2ccccc2C(=O)O)cc1)c1ccccc1. The summed E-state index contributed by atoms with van der Waals surface area (Å²) >= 11 is 3.56. The van der Waals surface area contributed by atoms with Gasteiger partial charge < -0.3 is 10.4 Å².